The Morgan fingerprint density at radius 1 is 1.73 bits per heavy atom. The molecule has 0 saturated heterocycles. The number of aryl methyl sites for hydroxylation is 1. The fourth-order valence-corrected chi connectivity index (χ4v) is 1.74. The average molecular weight is 228 g/mol. The van der Waals surface area contributed by atoms with Crippen LogP contribution in [0, 0.1) is 0 Å². The Bertz CT molecular complexity index is 359. The van der Waals surface area contributed by atoms with Crippen molar-refractivity contribution in [2.45, 2.75) is 25.4 Å². The first-order valence-electron chi connectivity index (χ1n) is 5.04. The number of nitrogens with zero attached hydrogens (tertiary/aromatic N) is 3. The molecule has 0 radical (unpaired) electrons. The van der Waals surface area contributed by atoms with E-state index in [1.165, 1.54) is 0 Å². The van der Waals surface area contributed by atoms with Crippen LogP contribution in [0.4, 0.5) is 0 Å². The van der Waals surface area contributed by atoms with Crippen molar-refractivity contribution in [3.8, 4) is 0 Å². The molecule has 2 rings (SSSR count). The zero-order valence-electron chi connectivity index (χ0n) is 8.69. The van der Waals surface area contributed by atoms with Crippen molar-refractivity contribution in [1.29, 1.82) is 0 Å². The highest BCUT2D eigenvalue weighted by Gasteiger charge is 2.32. The van der Waals surface area contributed by atoms with E-state index >= 15 is 0 Å². The molecule has 82 valence electrons. The second kappa shape index (κ2) is 4.23. The van der Waals surface area contributed by atoms with Crippen LogP contribution in [0.5, 0.6) is 0 Å². The summed E-state index contributed by atoms with van der Waals surface area (Å²) in [6.45, 7) is 0.569. The molecule has 0 unspecified atom stereocenters. The summed E-state index contributed by atoms with van der Waals surface area (Å²) < 4.78 is 1.93. The van der Waals surface area contributed by atoms with Gasteiger partial charge in [0.15, 0.2) is 0 Å². The van der Waals surface area contributed by atoms with Gasteiger partial charge in [-0.2, -0.15) is 0 Å². The van der Waals surface area contributed by atoms with Crippen molar-refractivity contribution in [2.75, 3.05) is 5.88 Å². The number of aromatic nitrogens is 2. The molecule has 0 atom stereocenters. The highest BCUT2D eigenvalue weighted by Crippen LogP contribution is 2.28. The third kappa shape index (κ3) is 2.31. The molecule has 0 aliphatic heterocycles. The summed E-state index contributed by atoms with van der Waals surface area (Å²) in [4.78, 5) is 17.6. The summed E-state index contributed by atoms with van der Waals surface area (Å²) in [7, 11) is 1.93. The van der Waals surface area contributed by atoms with Gasteiger partial charge < -0.3 is 9.47 Å². The molecule has 1 aromatic rings. The Morgan fingerprint density at radius 3 is 2.93 bits per heavy atom. The normalized spacial score (nSPS) is 15.3. The van der Waals surface area contributed by atoms with Crippen LogP contribution >= 0.6 is 11.6 Å². The molecule has 1 aliphatic carbocycles. The molecule has 1 aliphatic rings. The minimum absolute atomic E-state index is 0.00201. The van der Waals surface area contributed by atoms with E-state index in [0.717, 1.165) is 18.7 Å². The number of amides is 1. The molecule has 5 heteroatoms. The highest BCUT2D eigenvalue weighted by atomic mass is 35.5. The lowest BCUT2D eigenvalue weighted by Crippen LogP contribution is -2.34. The van der Waals surface area contributed by atoms with Gasteiger partial charge in [0, 0.05) is 25.5 Å². The number of halogens is 1. The van der Waals surface area contributed by atoms with Crippen LogP contribution in [0.2, 0.25) is 0 Å². The van der Waals surface area contributed by atoms with Gasteiger partial charge in [0.05, 0.1) is 6.54 Å². The van der Waals surface area contributed by atoms with Gasteiger partial charge in [-0.05, 0) is 12.8 Å². The van der Waals surface area contributed by atoms with Crippen molar-refractivity contribution in [1.82, 2.24) is 14.5 Å². The molecule has 1 amide bonds. The van der Waals surface area contributed by atoms with Gasteiger partial charge in [-0.3, -0.25) is 4.79 Å². The molecular weight excluding hydrogens is 214 g/mol. The maximum Gasteiger partial charge on any atom is 0.238 e. The van der Waals surface area contributed by atoms with E-state index in [0.29, 0.717) is 12.6 Å². The second-order valence-electron chi connectivity index (χ2n) is 3.84. The molecule has 0 spiro atoms. The molecular formula is C10H14ClN3O. The van der Waals surface area contributed by atoms with E-state index in [1.807, 2.05) is 22.7 Å². The van der Waals surface area contributed by atoms with Crippen LogP contribution in [-0.4, -0.2) is 32.3 Å². The molecule has 1 heterocycles. The van der Waals surface area contributed by atoms with Crippen molar-refractivity contribution in [2.24, 2.45) is 7.05 Å². The first-order valence-corrected chi connectivity index (χ1v) is 5.57. The third-order valence-electron chi connectivity index (χ3n) is 2.66. The van der Waals surface area contributed by atoms with Crippen molar-refractivity contribution in [3.05, 3.63) is 18.2 Å². The molecule has 1 saturated carbocycles. The lowest BCUT2D eigenvalue weighted by Gasteiger charge is -2.20. The third-order valence-corrected chi connectivity index (χ3v) is 2.88. The monoisotopic (exact) mass is 227 g/mol. The number of hydrogen-bond acceptors (Lipinski definition) is 2. The van der Waals surface area contributed by atoms with Crippen molar-refractivity contribution in [3.63, 3.8) is 0 Å². The predicted molar refractivity (Wildman–Crippen MR) is 57.5 cm³/mol. The van der Waals surface area contributed by atoms with Gasteiger partial charge in [0.25, 0.3) is 0 Å². The number of rotatable bonds is 4. The molecule has 0 aromatic carbocycles. The van der Waals surface area contributed by atoms with E-state index in [1.54, 1.807) is 6.20 Å². The minimum Gasteiger partial charge on any atom is -0.337 e. The first kappa shape index (κ1) is 10.5. The zero-order valence-corrected chi connectivity index (χ0v) is 9.44. The standard InChI is InChI=1S/C10H14ClN3O/c1-13-5-4-12-9(13)7-14(8-2-3-8)10(15)6-11/h4-5,8H,2-3,6-7H2,1H3. The van der Waals surface area contributed by atoms with Gasteiger partial charge in [-0.1, -0.05) is 0 Å². The van der Waals surface area contributed by atoms with Crippen molar-refractivity contribution < 1.29 is 4.79 Å². The lowest BCUT2D eigenvalue weighted by molar-refractivity contribution is -0.129. The largest absolute Gasteiger partial charge is 0.337 e. The maximum absolute atomic E-state index is 11.6. The van der Waals surface area contributed by atoms with Gasteiger partial charge in [-0.25, -0.2) is 4.98 Å². The van der Waals surface area contributed by atoms with E-state index in [9.17, 15) is 4.79 Å². The first-order chi connectivity index (χ1) is 7.22. The van der Waals surface area contributed by atoms with Crippen LogP contribution < -0.4 is 0 Å². The highest BCUT2D eigenvalue weighted by molar-refractivity contribution is 6.27. The number of hydrogen-bond donors (Lipinski definition) is 0. The van der Waals surface area contributed by atoms with Crippen LogP contribution in [0.15, 0.2) is 12.4 Å². The van der Waals surface area contributed by atoms with Gasteiger partial charge in [-0.15, -0.1) is 11.6 Å². The average Bonchev–Trinajstić information content (AvgIpc) is 2.99. The van der Waals surface area contributed by atoms with Gasteiger partial charge in [0.2, 0.25) is 5.91 Å². The lowest BCUT2D eigenvalue weighted by atomic mass is 10.4. The summed E-state index contributed by atoms with van der Waals surface area (Å²) in [6.07, 6.45) is 5.80. The number of carbonyl (C=O) groups is 1. The van der Waals surface area contributed by atoms with Crippen molar-refractivity contribution >= 4 is 17.5 Å². The van der Waals surface area contributed by atoms with Gasteiger partial charge in [0.1, 0.15) is 11.7 Å². The molecule has 0 N–H and O–H groups in total. The fourth-order valence-electron chi connectivity index (χ4n) is 1.59. The summed E-state index contributed by atoms with van der Waals surface area (Å²) in [5.41, 5.74) is 0. The summed E-state index contributed by atoms with van der Waals surface area (Å²) in [6, 6.07) is 0.382. The second-order valence-corrected chi connectivity index (χ2v) is 4.11. The summed E-state index contributed by atoms with van der Waals surface area (Å²) in [5, 5.41) is 0. The topological polar surface area (TPSA) is 38.1 Å². The molecule has 1 aromatic heterocycles. The van der Waals surface area contributed by atoms with Crippen LogP contribution in [-0.2, 0) is 18.4 Å². The minimum atomic E-state index is 0.00201. The predicted octanol–water partition coefficient (Wildman–Crippen LogP) is 1.15. The van der Waals surface area contributed by atoms with E-state index < -0.39 is 0 Å². The summed E-state index contributed by atoms with van der Waals surface area (Å²) >= 11 is 5.58. The Morgan fingerprint density at radius 2 is 2.47 bits per heavy atom. The fraction of sp³-hybridized carbons (Fsp3) is 0.600. The maximum atomic E-state index is 11.6. The van der Waals surface area contributed by atoms with E-state index in [-0.39, 0.29) is 11.8 Å². The smallest absolute Gasteiger partial charge is 0.238 e. The Kier molecular flexibility index (Phi) is 2.95. The zero-order chi connectivity index (χ0) is 10.8. The number of carbonyl (C=O) groups excluding carboxylic acids is 1. The number of imidazole rings is 1. The quantitative estimate of drug-likeness (QED) is 0.724. The number of alkyl halides is 1. The van der Waals surface area contributed by atoms with Crippen LogP contribution in [0.3, 0.4) is 0 Å². The Labute approximate surface area is 93.8 Å². The summed E-state index contributed by atoms with van der Waals surface area (Å²) in [5.74, 6) is 0.962. The SMILES string of the molecule is Cn1ccnc1CN(C(=O)CCl)C1CC1. The van der Waals surface area contributed by atoms with E-state index in [2.05, 4.69) is 4.98 Å². The molecule has 1 fully saturated rings. The van der Waals surface area contributed by atoms with E-state index in [4.69, 9.17) is 11.6 Å². The molecule has 0 bridgehead atoms. The molecule has 15 heavy (non-hydrogen) atoms. The molecule has 4 nitrogen and oxygen atoms in total. The van der Waals surface area contributed by atoms with Crippen LogP contribution in [0.25, 0.3) is 0 Å². The van der Waals surface area contributed by atoms with Gasteiger partial charge >= 0.3 is 0 Å². The Hall–Kier alpha value is -1.03. The Balaban J connectivity index is 2.06. The van der Waals surface area contributed by atoms with Crippen LogP contribution in [0.1, 0.15) is 18.7 Å².